The van der Waals surface area contributed by atoms with Gasteiger partial charge in [-0.3, -0.25) is 24.1 Å². The normalized spacial score (nSPS) is 17.7. The summed E-state index contributed by atoms with van der Waals surface area (Å²) < 4.78 is 17.4. The van der Waals surface area contributed by atoms with Gasteiger partial charge in [-0.05, 0) is 131 Å². The molecule has 2 aliphatic rings. The minimum absolute atomic E-state index is 0.0144. The lowest BCUT2D eigenvalue weighted by atomic mass is 9.85. The number of aliphatic hydroxyl groups excluding tert-OH is 1. The molecule has 0 saturated carbocycles. The molecular weight excluding hydrogens is 915 g/mol. The molecule has 2 saturated heterocycles. The molecule has 0 radical (unpaired) electrons. The van der Waals surface area contributed by atoms with E-state index in [4.69, 9.17) is 33.0 Å². The molecule has 2 aliphatic heterocycles. The Balaban J connectivity index is 0.850. The van der Waals surface area contributed by atoms with Gasteiger partial charge in [0.05, 0.1) is 41.4 Å². The summed E-state index contributed by atoms with van der Waals surface area (Å²) in [6, 6.07) is 18.6. The van der Waals surface area contributed by atoms with Gasteiger partial charge in [0.25, 0.3) is 5.91 Å². The number of thiazole rings is 1. The van der Waals surface area contributed by atoms with Crippen molar-refractivity contribution in [2.24, 2.45) is 5.41 Å². The second-order valence-electron chi connectivity index (χ2n) is 19.2. The molecule has 3 N–H and O–H groups in total. The maximum atomic E-state index is 14.0. The highest BCUT2D eigenvalue weighted by atomic mass is 32.1. The van der Waals surface area contributed by atoms with Crippen molar-refractivity contribution in [3.8, 4) is 16.2 Å². The van der Waals surface area contributed by atoms with Crippen LogP contribution in [-0.4, -0.2) is 107 Å². The minimum Gasteiger partial charge on any atom is -0.494 e. The summed E-state index contributed by atoms with van der Waals surface area (Å²) >= 11 is 7.39. The Bertz CT molecular complexity index is 2500. The van der Waals surface area contributed by atoms with E-state index in [-0.39, 0.29) is 37.4 Å². The predicted octanol–water partition coefficient (Wildman–Crippen LogP) is 8.24. The summed E-state index contributed by atoms with van der Waals surface area (Å²) in [6.45, 7) is 23.9. The van der Waals surface area contributed by atoms with Crippen LogP contribution in [0.2, 0.25) is 0 Å². The molecule has 4 atom stereocenters. The smallest absolute Gasteiger partial charge is 0.259 e. The highest BCUT2D eigenvalue weighted by molar-refractivity contribution is 7.81. The first kappa shape index (κ1) is 52.6. The molecule has 1 aromatic heterocycles. The van der Waals surface area contributed by atoms with Crippen LogP contribution in [0.15, 0.2) is 72.2 Å². The second kappa shape index (κ2) is 23.2. The maximum absolute atomic E-state index is 14.0. The third-order valence-electron chi connectivity index (χ3n) is 12.4. The van der Waals surface area contributed by atoms with Crippen molar-refractivity contribution >= 4 is 69.4 Å². The van der Waals surface area contributed by atoms with E-state index in [1.807, 2.05) is 120 Å². The zero-order valence-electron chi connectivity index (χ0n) is 40.9. The molecule has 69 heavy (non-hydrogen) atoms. The third-order valence-corrected chi connectivity index (χ3v) is 13.7. The number of likely N-dealkylation sites (tertiary alicyclic amines) is 1. The number of anilines is 2. The number of amides is 4. The van der Waals surface area contributed by atoms with E-state index in [0.29, 0.717) is 55.1 Å². The van der Waals surface area contributed by atoms with E-state index in [1.54, 1.807) is 23.5 Å². The number of rotatable bonds is 21. The number of carbonyl (C=O) groups excluding carboxylic acids is 4. The Hall–Kier alpha value is -5.77. The highest BCUT2D eigenvalue weighted by Crippen LogP contribution is 2.38. The van der Waals surface area contributed by atoms with Gasteiger partial charge < -0.3 is 39.8 Å². The number of nitrogens with one attached hydrogen (secondary N) is 2. The van der Waals surface area contributed by atoms with Gasteiger partial charge in [0, 0.05) is 44.2 Å². The molecular formula is C52H65N7O8S2. The zero-order valence-corrected chi connectivity index (χ0v) is 42.5. The standard InChI is InChI=1S/C52H65N7O8S2/c1-33-28-39(20-23-42(33)53-9)58-49(64)52(7,8)59(50(58)68)38-18-21-41(22-19-38)67-27-12-10-11-24-65-25-13-26-66-31-44(61)56-46(51(4,5)6)48(63)57-30-40(60)29-43(57)47(62)55-34(2)36-14-16-37(17-15-36)45-35(3)54-32-69-45/h14-23,28,32,34,40,43,46,60H,10-13,24-27,29-31H2,1-8H3,(H,55,62)(H,56,61)/t34-,40+,43-,46+/m0/s1. The Morgan fingerprint density at radius 3 is 2.26 bits per heavy atom. The molecule has 368 valence electrons. The second-order valence-corrected chi connectivity index (χ2v) is 20.4. The fourth-order valence-corrected chi connectivity index (χ4v) is 9.81. The summed E-state index contributed by atoms with van der Waals surface area (Å²) in [7, 11) is 0. The average molecular weight is 980 g/mol. The van der Waals surface area contributed by atoms with Gasteiger partial charge in [0.1, 0.15) is 30.0 Å². The first-order valence-electron chi connectivity index (χ1n) is 23.5. The van der Waals surface area contributed by atoms with Gasteiger partial charge in [-0.2, -0.15) is 0 Å². The number of β-amino-alcohol motifs (C(OH)–C–C–N with tert-alkyl or cyclic N) is 1. The van der Waals surface area contributed by atoms with E-state index < -0.39 is 41.0 Å². The van der Waals surface area contributed by atoms with Gasteiger partial charge in [0.15, 0.2) is 10.8 Å². The van der Waals surface area contributed by atoms with Gasteiger partial charge in [-0.1, -0.05) is 51.1 Å². The van der Waals surface area contributed by atoms with Crippen molar-refractivity contribution in [1.29, 1.82) is 0 Å². The van der Waals surface area contributed by atoms with Crippen molar-refractivity contribution in [3.05, 3.63) is 100 Å². The molecule has 3 heterocycles. The van der Waals surface area contributed by atoms with Crippen LogP contribution in [0.1, 0.15) is 96.5 Å². The summed E-state index contributed by atoms with van der Waals surface area (Å²) in [6.07, 6.45) is 2.43. The van der Waals surface area contributed by atoms with Crippen LogP contribution in [0.5, 0.6) is 5.75 Å². The topological polar surface area (TPSA) is 167 Å². The fourth-order valence-electron chi connectivity index (χ4n) is 8.47. The zero-order chi connectivity index (χ0) is 50.0. The number of aromatic nitrogens is 1. The molecule has 15 nitrogen and oxygen atoms in total. The van der Waals surface area contributed by atoms with Crippen LogP contribution in [0.25, 0.3) is 15.3 Å². The molecule has 4 aromatic rings. The van der Waals surface area contributed by atoms with Crippen molar-refractivity contribution in [2.45, 2.75) is 117 Å². The van der Waals surface area contributed by atoms with Crippen LogP contribution in [-0.2, 0) is 28.7 Å². The average Bonchev–Trinajstić information content (AvgIpc) is 3.97. The number of hydrogen-bond acceptors (Lipinski definition) is 11. The quantitative estimate of drug-likeness (QED) is 0.0418. The molecule has 0 spiro atoms. The molecule has 0 aliphatic carbocycles. The minimum atomic E-state index is -0.955. The van der Waals surface area contributed by atoms with Gasteiger partial charge in [0.2, 0.25) is 17.7 Å². The summed E-state index contributed by atoms with van der Waals surface area (Å²) in [5.74, 6) is -0.683. The number of unbranched alkanes of at least 4 members (excludes halogenated alkanes) is 2. The highest BCUT2D eigenvalue weighted by Gasteiger charge is 2.50. The van der Waals surface area contributed by atoms with Crippen LogP contribution in [0.4, 0.5) is 17.1 Å². The molecule has 0 unspecified atom stereocenters. The van der Waals surface area contributed by atoms with E-state index in [1.165, 1.54) is 9.80 Å². The Labute approximate surface area is 415 Å². The molecule has 2 fully saturated rings. The Morgan fingerprint density at radius 1 is 0.942 bits per heavy atom. The molecule has 0 bridgehead atoms. The molecule has 17 heteroatoms. The van der Waals surface area contributed by atoms with Crippen LogP contribution in [0, 0.1) is 25.8 Å². The number of ether oxygens (including phenoxy) is 3. The number of nitrogens with zero attached hydrogens (tertiary/aromatic N) is 5. The van der Waals surface area contributed by atoms with Crippen LogP contribution >= 0.6 is 23.6 Å². The number of hydrogen-bond donors (Lipinski definition) is 3. The lowest BCUT2D eigenvalue weighted by Gasteiger charge is -2.35. The van der Waals surface area contributed by atoms with Gasteiger partial charge in [-0.25, -0.2) is 9.83 Å². The number of carbonyl (C=O) groups is 4. The van der Waals surface area contributed by atoms with Gasteiger partial charge in [-0.15, -0.1) is 11.3 Å². The van der Waals surface area contributed by atoms with Crippen LogP contribution < -0.4 is 25.2 Å². The summed E-state index contributed by atoms with van der Waals surface area (Å²) in [5, 5.41) is 16.8. The number of benzene rings is 3. The first-order valence-corrected chi connectivity index (χ1v) is 24.7. The summed E-state index contributed by atoms with van der Waals surface area (Å²) in [4.78, 5) is 68.0. The Kier molecular flexibility index (Phi) is 17.7. The fraction of sp³-hybridized carbons (Fsp3) is 0.481. The van der Waals surface area contributed by atoms with Crippen molar-refractivity contribution in [2.75, 3.05) is 49.4 Å². The van der Waals surface area contributed by atoms with Crippen molar-refractivity contribution < 1.29 is 38.5 Å². The third kappa shape index (κ3) is 12.9. The van der Waals surface area contributed by atoms with Gasteiger partial charge >= 0.3 is 0 Å². The van der Waals surface area contributed by atoms with Crippen molar-refractivity contribution in [3.63, 3.8) is 0 Å². The monoisotopic (exact) mass is 979 g/mol. The SMILES string of the molecule is [C-]#[N+]c1ccc(N2C(=O)C(C)(C)N(c3ccc(OCCCCCOCCCOCC(=O)N[C@H](C(=O)N4C[C@H](O)C[C@H]4C(=O)N[C@@H](C)c4ccc(-c5scnc5C)cc4)C(C)(C)C)cc3)C2=S)cc1C. The Morgan fingerprint density at radius 2 is 1.61 bits per heavy atom. The number of aliphatic hydroxyl groups is 1. The maximum Gasteiger partial charge on any atom is 0.259 e. The van der Waals surface area contributed by atoms with Crippen LogP contribution in [0.3, 0.4) is 0 Å². The molecule has 4 amide bonds. The number of aryl methyl sites for hydroxylation is 2. The van der Waals surface area contributed by atoms with E-state index in [2.05, 4.69) is 20.5 Å². The number of thiocarbonyl (C=S) groups is 1. The summed E-state index contributed by atoms with van der Waals surface area (Å²) in [5.41, 5.74) is 5.85. The largest absolute Gasteiger partial charge is 0.494 e. The molecule has 3 aromatic carbocycles. The van der Waals surface area contributed by atoms with E-state index in [9.17, 15) is 24.3 Å². The lowest BCUT2D eigenvalue weighted by molar-refractivity contribution is -0.144. The lowest BCUT2D eigenvalue weighted by Crippen LogP contribution is -2.58. The van der Waals surface area contributed by atoms with E-state index in [0.717, 1.165) is 52.2 Å². The van der Waals surface area contributed by atoms with Crippen molar-refractivity contribution in [1.82, 2.24) is 20.5 Å². The first-order chi connectivity index (χ1) is 32.8. The molecule has 6 rings (SSSR count). The van der Waals surface area contributed by atoms with E-state index >= 15 is 0 Å². The predicted molar refractivity (Wildman–Crippen MR) is 272 cm³/mol.